The van der Waals surface area contributed by atoms with Crippen LogP contribution in [-0.2, 0) is 4.79 Å². The molecule has 0 aromatic carbocycles. The van der Waals surface area contributed by atoms with E-state index in [1.54, 1.807) is 0 Å². The molecule has 1 saturated carbocycles. The summed E-state index contributed by atoms with van der Waals surface area (Å²) >= 11 is 0. The first-order valence-electron chi connectivity index (χ1n) is 7.25. The molecule has 1 saturated heterocycles. The third-order valence-electron chi connectivity index (χ3n) is 4.08. The highest BCUT2D eigenvalue weighted by molar-refractivity contribution is 5.80. The highest BCUT2D eigenvalue weighted by Gasteiger charge is 2.37. The summed E-state index contributed by atoms with van der Waals surface area (Å²) in [7, 11) is 0. The Kier molecular flexibility index (Phi) is 3.73. The van der Waals surface area contributed by atoms with E-state index in [0.29, 0.717) is 31.9 Å². The topological polar surface area (TPSA) is 58.1 Å². The van der Waals surface area contributed by atoms with Crippen LogP contribution in [0, 0.1) is 11.7 Å². The molecule has 1 aromatic rings. The van der Waals surface area contributed by atoms with Crippen molar-refractivity contribution in [2.45, 2.75) is 31.4 Å². The molecule has 21 heavy (non-hydrogen) atoms. The van der Waals surface area contributed by atoms with Crippen LogP contribution < -0.4 is 10.2 Å². The van der Waals surface area contributed by atoms with Crippen LogP contribution in [0.4, 0.5) is 14.7 Å². The lowest BCUT2D eigenvalue weighted by Gasteiger charge is -2.36. The Bertz CT molecular complexity index is 510. The largest absolute Gasteiger partial charge is 0.353 e. The van der Waals surface area contributed by atoms with Crippen molar-refractivity contribution in [3.05, 3.63) is 18.2 Å². The van der Waals surface area contributed by atoms with Crippen LogP contribution in [0.15, 0.2) is 12.4 Å². The van der Waals surface area contributed by atoms with Crippen LogP contribution in [0.5, 0.6) is 0 Å². The van der Waals surface area contributed by atoms with Crippen LogP contribution in [0.2, 0.25) is 0 Å². The predicted molar refractivity (Wildman–Crippen MR) is 73.0 cm³/mol. The molecule has 0 spiro atoms. The van der Waals surface area contributed by atoms with E-state index < -0.39 is 11.5 Å². The normalized spacial score (nSPS) is 21.1. The highest BCUT2D eigenvalue weighted by Crippen LogP contribution is 2.30. The number of nitrogens with one attached hydrogen (secondary N) is 1. The van der Waals surface area contributed by atoms with Crippen LogP contribution in [-0.4, -0.2) is 41.2 Å². The summed E-state index contributed by atoms with van der Waals surface area (Å²) in [4.78, 5) is 21.2. The van der Waals surface area contributed by atoms with Gasteiger partial charge >= 0.3 is 0 Å². The Hall–Kier alpha value is -1.79. The molecular formula is C14H18F2N4O. The van der Waals surface area contributed by atoms with Crippen molar-refractivity contribution in [3.8, 4) is 0 Å². The molecule has 7 heteroatoms. The van der Waals surface area contributed by atoms with Gasteiger partial charge in [-0.1, -0.05) is 0 Å². The zero-order chi connectivity index (χ0) is 14.9. The molecule has 2 fully saturated rings. The number of nitrogens with zero attached hydrogens (tertiary/aromatic N) is 3. The number of hydrogen-bond donors (Lipinski definition) is 1. The second-order valence-electron chi connectivity index (χ2n) is 5.83. The molecule has 114 valence electrons. The van der Waals surface area contributed by atoms with Gasteiger partial charge in [-0.05, 0) is 12.8 Å². The van der Waals surface area contributed by atoms with Crippen LogP contribution in [0.3, 0.4) is 0 Å². The standard InChI is InChI=1S/C14H18F2N4O/c15-11-7-17-13(18-8-11)20-5-3-14(16,4-6-20)9-19-12(21)10-1-2-10/h7-8,10H,1-6,9H2,(H,19,21). The van der Waals surface area contributed by atoms with Crippen LogP contribution in [0.25, 0.3) is 0 Å². The lowest BCUT2D eigenvalue weighted by molar-refractivity contribution is -0.123. The van der Waals surface area contributed by atoms with Gasteiger partial charge in [0, 0.05) is 31.8 Å². The Morgan fingerprint density at radius 3 is 2.52 bits per heavy atom. The summed E-state index contributed by atoms with van der Waals surface area (Å²) < 4.78 is 27.4. The number of alkyl halides is 1. The minimum atomic E-state index is -1.37. The van der Waals surface area contributed by atoms with E-state index in [0.717, 1.165) is 25.2 Å². The number of anilines is 1. The van der Waals surface area contributed by atoms with E-state index >= 15 is 0 Å². The second-order valence-corrected chi connectivity index (χ2v) is 5.83. The van der Waals surface area contributed by atoms with Gasteiger partial charge in [-0.3, -0.25) is 4.79 Å². The molecule has 1 aliphatic carbocycles. The number of aromatic nitrogens is 2. The van der Waals surface area contributed by atoms with Gasteiger partial charge in [-0.15, -0.1) is 0 Å². The summed E-state index contributed by atoms with van der Waals surface area (Å²) in [6.45, 7) is 0.989. The molecule has 1 N–H and O–H groups in total. The molecule has 3 rings (SSSR count). The fourth-order valence-electron chi connectivity index (χ4n) is 2.49. The molecule has 0 atom stereocenters. The van der Waals surface area contributed by atoms with Gasteiger partial charge in [0.1, 0.15) is 5.67 Å². The average molecular weight is 296 g/mol. The number of hydrogen-bond acceptors (Lipinski definition) is 4. The monoisotopic (exact) mass is 296 g/mol. The maximum atomic E-state index is 14.6. The summed E-state index contributed by atoms with van der Waals surface area (Å²) in [5, 5.41) is 2.70. The van der Waals surface area contributed by atoms with E-state index in [9.17, 15) is 13.6 Å². The Balaban J connectivity index is 1.51. The third-order valence-corrected chi connectivity index (χ3v) is 4.08. The number of carbonyl (C=O) groups excluding carboxylic acids is 1. The Morgan fingerprint density at radius 1 is 1.33 bits per heavy atom. The third kappa shape index (κ3) is 3.46. The van der Waals surface area contributed by atoms with Crippen molar-refractivity contribution in [1.82, 2.24) is 15.3 Å². The highest BCUT2D eigenvalue weighted by atomic mass is 19.1. The molecule has 1 aromatic heterocycles. The first kappa shape index (κ1) is 14.2. The van der Waals surface area contributed by atoms with Crippen LogP contribution >= 0.6 is 0 Å². The number of piperidine rings is 1. The van der Waals surface area contributed by atoms with Crippen molar-refractivity contribution in [1.29, 1.82) is 0 Å². The summed E-state index contributed by atoms with van der Waals surface area (Å²) in [5.74, 6) is -0.00326. The fraction of sp³-hybridized carbons (Fsp3) is 0.643. The quantitative estimate of drug-likeness (QED) is 0.913. The molecule has 0 radical (unpaired) electrons. The fourth-order valence-corrected chi connectivity index (χ4v) is 2.49. The second kappa shape index (κ2) is 5.54. The zero-order valence-corrected chi connectivity index (χ0v) is 11.7. The van der Waals surface area contributed by atoms with Crippen molar-refractivity contribution >= 4 is 11.9 Å². The first-order chi connectivity index (χ1) is 10.1. The molecular weight excluding hydrogens is 278 g/mol. The SMILES string of the molecule is O=C(NCC1(F)CCN(c2ncc(F)cn2)CC1)C1CC1. The number of amides is 1. The molecule has 1 aliphatic heterocycles. The lowest BCUT2D eigenvalue weighted by atomic mass is 9.93. The van der Waals surface area contributed by atoms with Gasteiger partial charge in [0.05, 0.1) is 18.9 Å². The van der Waals surface area contributed by atoms with E-state index in [1.165, 1.54) is 0 Å². The number of carbonyl (C=O) groups is 1. The summed E-state index contributed by atoms with van der Waals surface area (Å²) in [6, 6.07) is 0. The van der Waals surface area contributed by atoms with Crippen molar-refractivity contribution in [2.24, 2.45) is 5.92 Å². The summed E-state index contributed by atoms with van der Waals surface area (Å²) in [5.41, 5.74) is -1.37. The van der Waals surface area contributed by atoms with Gasteiger partial charge in [0.25, 0.3) is 0 Å². The lowest BCUT2D eigenvalue weighted by Crippen LogP contribution is -2.48. The number of rotatable bonds is 4. The smallest absolute Gasteiger partial charge is 0.225 e. The Labute approximate surface area is 121 Å². The van der Waals surface area contributed by atoms with Gasteiger partial charge in [0.15, 0.2) is 5.82 Å². The molecule has 5 nitrogen and oxygen atoms in total. The summed E-state index contributed by atoms with van der Waals surface area (Å²) in [6.07, 6.45) is 4.66. The van der Waals surface area contributed by atoms with E-state index in [4.69, 9.17) is 0 Å². The molecule has 1 amide bonds. The first-order valence-corrected chi connectivity index (χ1v) is 7.25. The molecule has 0 unspecified atom stereocenters. The maximum absolute atomic E-state index is 14.6. The average Bonchev–Trinajstić information content (AvgIpc) is 3.32. The Morgan fingerprint density at radius 2 is 1.95 bits per heavy atom. The number of halogens is 2. The van der Waals surface area contributed by atoms with Crippen molar-refractivity contribution in [2.75, 3.05) is 24.5 Å². The molecule has 2 heterocycles. The maximum Gasteiger partial charge on any atom is 0.225 e. The minimum absolute atomic E-state index is 0.0312. The van der Waals surface area contributed by atoms with E-state index in [1.807, 2.05) is 4.90 Å². The van der Waals surface area contributed by atoms with Gasteiger partial charge in [0.2, 0.25) is 11.9 Å². The predicted octanol–water partition coefficient (Wildman–Crippen LogP) is 1.45. The van der Waals surface area contributed by atoms with Gasteiger partial charge in [-0.2, -0.15) is 0 Å². The minimum Gasteiger partial charge on any atom is -0.353 e. The van der Waals surface area contributed by atoms with E-state index in [2.05, 4.69) is 15.3 Å². The zero-order valence-electron chi connectivity index (χ0n) is 11.7. The molecule has 2 aliphatic rings. The van der Waals surface area contributed by atoms with E-state index in [-0.39, 0.29) is 18.4 Å². The van der Waals surface area contributed by atoms with Crippen molar-refractivity contribution < 1.29 is 13.6 Å². The molecule has 0 bridgehead atoms. The van der Waals surface area contributed by atoms with Crippen molar-refractivity contribution in [3.63, 3.8) is 0 Å². The van der Waals surface area contributed by atoms with Gasteiger partial charge in [-0.25, -0.2) is 18.7 Å². The van der Waals surface area contributed by atoms with Crippen LogP contribution in [0.1, 0.15) is 25.7 Å². The van der Waals surface area contributed by atoms with Gasteiger partial charge < -0.3 is 10.2 Å².